The molecule has 5 rings (SSSR count). The molecule has 4 aromatic rings. The molecular weight excluding hydrogens is 430 g/mol. The number of nitrogens with one attached hydrogen (secondary N) is 2. The molecule has 1 saturated heterocycles. The third-order valence-corrected chi connectivity index (χ3v) is 6.04. The number of tetrazole rings is 1. The van der Waals surface area contributed by atoms with Gasteiger partial charge in [0.2, 0.25) is 5.91 Å². The van der Waals surface area contributed by atoms with Gasteiger partial charge in [-0.3, -0.25) is 4.79 Å². The van der Waals surface area contributed by atoms with E-state index in [0.717, 1.165) is 33.7 Å². The Labute approximate surface area is 189 Å². The van der Waals surface area contributed by atoms with E-state index in [2.05, 4.69) is 49.3 Å². The average Bonchev–Trinajstić information content (AvgIpc) is 3.42. The van der Waals surface area contributed by atoms with Crippen molar-refractivity contribution in [3.63, 3.8) is 0 Å². The van der Waals surface area contributed by atoms with Gasteiger partial charge in [0, 0.05) is 55.4 Å². The molecule has 4 aromatic heterocycles. The lowest BCUT2D eigenvalue weighted by molar-refractivity contribution is -0.133. The second-order valence-electron chi connectivity index (χ2n) is 8.10. The summed E-state index contributed by atoms with van der Waals surface area (Å²) < 4.78 is 0. The molecule has 2 atom stereocenters. The van der Waals surface area contributed by atoms with Gasteiger partial charge in [-0.2, -0.15) is 0 Å². The number of anilines is 1. The van der Waals surface area contributed by atoms with Crippen LogP contribution in [0.15, 0.2) is 30.6 Å². The number of hydrogen-bond donors (Lipinski definition) is 2. The number of piperazine rings is 1. The van der Waals surface area contributed by atoms with Crippen molar-refractivity contribution in [2.45, 2.75) is 32.9 Å². The molecular formula is C21H22ClN9O. The van der Waals surface area contributed by atoms with Gasteiger partial charge >= 0.3 is 0 Å². The van der Waals surface area contributed by atoms with Gasteiger partial charge in [0.25, 0.3) is 0 Å². The van der Waals surface area contributed by atoms with Crippen LogP contribution in [0, 0.1) is 0 Å². The van der Waals surface area contributed by atoms with Gasteiger partial charge in [-0.05, 0) is 42.5 Å². The Kier molecular flexibility index (Phi) is 5.01. The second-order valence-corrected chi connectivity index (χ2v) is 8.54. The molecule has 1 fully saturated rings. The van der Waals surface area contributed by atoms with E-state index in [4.69, 9.17) is 16.6 Å². The molecule has 10 nitrogen and oxygen atoms in total. The molecule has 0 radical (unpaired) electrons. The summed E-state index contributed by atoms with van der Waals surface area (Å²) in [5.74, 6) is 1.37. The average molecular weight is 452 g/mol. The fourth-order valence-corrected chi connectivity index (χ4v) is 4.76. The zero-order chi connectivity index (χ0) is 22.4. The first-order chi connectivity index (χ1) is 15.4. The summed E-state index contributed by atoms with van der Waals surface area (Å²) in [6, 6.07) is 5.85. The number of fused-ring (bicyclic) bond motifs is 1. The van der Waals surface area contributed by atoms with E-state index in [1.165, 1.54) is 0 Å². The van der Waals surface area contributed by atoms with Gasteiger partial charge in [0.1, 0.15) is 11.5 Å². The second kappa shape index (κ2) is 7.86. The van der Waals surface area contributed by atoms with Crippen LogP contribution in [-0.2, 0) is 4.79 Å². The van der Waals surface area contributed by atoms with Crippen molar-refractivity contribution in [3.8, 4) is 22.6 Å². The summed E-state index contributed by atoms with van der Waals surface area (Å²) in [6.07, 6.45) is 3.50. The summed E-state index contributed by atoms with van der Waals surface area (Å²) in [7, 11) is 0. The van der Waals surface area contributed by atoms with Crippen LogP contribution >= 0.6 is 11.6 Å². The molecule has 2 N–H and O–H groups in total. The van der Waals surface area contributed by atoms with Crippen LogP contribution in [0.5, 0.6) is 0 Å². The number of pyridine rings is 2. The van der Waals surface area contributed by atoms with Crippen LogP contribution in [0.4, 0.5) is 5.82 Å². The highest BCUT2D eigenvalue weighted by Gasteiger charge is 2.33. The predicted molar refractivity (Wildman–Crippen MR) is 121 cm³/mol. The van der Waals surface area contributed by atoms with Crippen molar-refractivity contribution in [2.24, 2.45) is 0 Å². The minimum absolute atomic E-state index is 0.0403. The zero-order valence-electron chi connectivity index (χ0n) is 17.9. The predicted octanol–water partition coefficient (Wildman–Crippen LogP) is 2.90. The van der Waals surface area contributed by atoms with Crippen molar-refractivity contribution in [3.05, 3.63) is 35.6 Å². The van der Waals surface area contributed by atoms with E-state index in [1.54, 1.807) is 13.1 Å². The highest BCUT2D eigenvalue weighted by atomic mass is 35.5. The fraction of sp³-hybridized carbons (Fsp3) is 0.333. The summed E-state index contributed by atoms with van der Waals surface area (Å²) in [6.45, 7) is 7.02. The van der Waals surface area contributed by atoms with Crippen LogP contribution in [0.2, 0.25) is 5.02 Å². The zero-order valence-corrected chi connectivity index (χ0v) is 18.6. The van der Waals surface area contributed by atoms with Crippen molar-refractivity contribution < 1.29 is 4.79 Å². The molecule has 32 heavy (non-hydrogen) atoms. The number of carbonyl (C=O) groups is 1. The van der Waals surface area contributed by atoms with Gasteiger partial charge < -0.3 is 14.8 Å². The summed E-state index contributed by atoms with van der Waals surface area (Å²) >= 11 is 6.19. The maximum absolute atomic E-state index is 12.1. The minimum Gasteiger partial charge on any atom is -0.352 e. The van der Waals surface area contributed by atoms with Crippen LogP contribution in [0.3, 0.4) is 0 Å². The molecule has 11 heteroatoms. The number of aromatic amines is 2. The van der Waals surface area contributed by atoms with Crippen molar-refractivity contribution in [1.29, 1.82) is 0 Å². The highest BCUT2D eigenvalue weighted by molar-refractivity contribution is 6.31. The highest BCUT2D eigenvalue weighted by Crippen LogP contribution is 2.34. The number of H-pyrrole nitrogens is 2. The molecule has 0 bridgehead atoms. The van der Waals surface area contributed by atoms with Crippen molar-refractivity contribution in [1.82, 2.24) is 40.5 Å². The number of halogens is 1. The fourth-order valence-electron chi connectivity index (χ4n) is 4.60. The summed E-state index contributed by atoms with van der Waals surface area (Å²) in [5, 5.41) is 15.8. The number of rotatable bonds is 3. The van der Waals surface area contributed by atoms with Gasteiger partial charge in [0.05, 0.1) is 16.3 Å². The molecule has 1 aliphatic heterocycles. The maximum Gasteiger partial charge on any atom is 0.220 e. The van der Waals surface area contributed by atoms with E-state index in [-0.39, 0.29) is 18.0 Å². The monoisotopic (exact) mass is 451 g/mol. The van der Waals surface area contributed by atoms with Crippen LogP contribution in [0.1, 0.15) is 20.8 Å². The van der Waals surface area contributed by atoms with Gasteiger partial charge in [-0.25, -0.2) is 15.1 Å². The minimum atomic E-state index is 0.0403. The van der Waals surface area contributed by atoms with Crippen molar-refractivity contribution >= 4 is 34.4 Å². The largest absolute Gasteiger partial charge is 0.352 e. The van der Waals surface area contributed by atoms with Gasteiger partial charge in [-0.15, -0.1) is 5.10 Å². The lowest BCUT2D eigenvalue weighted by atomic mass is 10.1. The normalized spacial score (nSPS) is 19.0. The lowest BCUT2D eigenvalue weighted by Gasteiger charge is -2.45. The lowest BCUT2D eigenvalue weighted by Crippen LogP contribution is -2.58. The Morgan fingerprint density at radius 2 is 1.97 bits per heavy atom. The molecule has 0 spiro atoms. The summed E-state index contributed by atoms with van der Waals surface area (Å²) in [4.78, 5) is 28.8. The third kappa shape index (κ3) is 3.46. The topological polar surface area (TPSA) is 120 Å². The van der Waals surface area contributed by atoms with E-state index in [1.807, 2.05) is 29.3 Å². The molecule has 164 valence electrons. The first-order valence-electron chi connectivity index (χ1n) is 10.3. The van der Waals surface area contributed by atoms with Gasteiger partial charge in [-0.1, -0.05) is 11.6 Å². The van der Waals surface area contributed by atoms with Gasteiger partial charge in [0.15, 0.2) is 5.82 Å². The number of nitrogens with zero attached hydrogens (tertiary/aromatic N) is 7. The molecule has 5 heterocycles. The van der Waals surface area contributed by atoms with Crippen molar-refractivity contribution in [2.75, 3.05) is 18.0 Å². The summed E-state index contributed by atoms with van der Waals surface area (Å²) in [5.41, 5.74) is 3.22. The van der Waals surface area contributed by atoms with E-state index >= 15 is 0 Å². The first kappa shape index (κ1) is 20.4. The molecule has 0 aromatic carbocycles. The Bertz CT molecular complexity index is 1270. The Morgan fingerprint density at radius 3 is 2.66 bits per heavy atom. The van der Waals surface area contributed by atoms with E-state index in [9.17, 15) is 4.79 Å². The van der Waals surface area contributed by atoms with Crippen LogP contribution in [-0.4, -0.2) is 71.6 Å². The number of carbonyl (C=O) groups excluding carboxylic acids is 1. The Hall–Kier alpha value is -3.53. The molecule has 1 aliphatic rings. The van der Waals surface area contributed by atoms with E-state index in [0.29, 0.717) is 23.9 Å². The molecule has 0 unspecified atom stereocenters. The SMILES string of the molecule is CC(=O)N1[C@H](C)CN(c2nc(-c3c[nH]c4ncc(Cl)cc34)ccc2-c2nnn[nH]2)C[C@@H]1C. The number of aromatic nitrogens is 7. The van der Waals surface area contributed by atoms with Crippen LogP contribution < -0.4 is 4.90 Å². The molecule has 0 saturated carbocycles. The number of amides is 1. The maximum atomic E-state index is 12.1. The first-order valence-corrected chi connectivity index (χ1v) is 10.7. The number of hydrogen-bond acceptors (Lipinski definition) is 7. The molecule has 1 amide bonds. The Morgan fingerprint density at radius 1 is 1.19 bits per heavy atom. The quantitative estimate of drug-likeness (QED) is 0.491. The standard InChI is InChI=1S/C21H22ClN9O/c1-11-9-30(10-12(2)31(11)13(3)32)21-15(20-26-28-29-27-20)4-5-18(25-21)17-8-24-19-16(17)6-14(22)7-23-19/h4-8,11-12H,9-10H2,1-3H3,(H,23,24)(H,26,27,28,29)/t11-,12+. The third-order valence-electron chi connectivity index (χ3n) is 5.83. The Balaban J connectivity index is 1.62. The smallest absolute Gasteiger partial charge is 0.220 e. The van der Waals surface area contributed by atoms with Crippen LogP contribution in [0.25, 0.3) is 33.7 Å². The van der Waals surface area contributed by atoms with E-state index < -0.39 is 0 Å². The molecule has 0 aliphatic carbocycles.